The van der Waals surface area contributed by atoms with Crippen LogP contribution in [0, 0.1) is 6.92 Å². The van der Waals surface area contributed by atoms with Gasteiger partial charge < -0.3 is 0 Å². The van der Waals surface area contributed by atoms with Crippen LogP contribution in [-0.4, -0.2) is 4.79 Å². The normalized spacial score (nSPS) is 10.7. The number of fused-ring (bicyclic) bond motifs is 1. The Kier molecular flexibility index (Phi) is 1.22. The van der Waals surface area contributed by atoms with E-state index in [-0.39, 0.29) is 0 Å². The van der Waals surface area contributed by atoms with E-state index in [1.165, 1.54) is 6.20 Å². The van der Waals surface area contributed by atoms with Crippen LogP contribution < -0.4 is 0 Å². The zero-order valence-electron chi connectivity index (χ0n) is 6.21. The van der Waals surface area contributed by atoms with Crippen molar-refractivity contribution >= 4 is 10.9 Å². The lowest BCUT2D eigenvalue weighted by molar-refractivity contribution is 0.388. The van der Waals surface area contributed by atoms with Gasteiger partial charge in [-0.05, 0) is 24.6 Å². The first-order valence-corrected chi connectivity index (χ1v) is 3.51. The number of hydrogen-bond donors (Lipinski definition) is 0. The Bertz CT molecular complexity index is 389. The molecule has 0 saturated carbocycles. The standard InChI is InChI=1S/C9H8FN/c1-7-2-3-8-4-5-11(10)9(8)6-7/h2-6H,1H3. The fraction of sp³-hybridized carbons (Fsp3) is 0.111. The van der Waals surface area contributed by atoms with E-state index in [9.17, 15) is 4.48 Å². The first-order chi connectivity index (χ1) is 5.27. The van der Waals surface area contributed by atoms with Crippen molar-refractivity contribution in [1.82, 2.24) is 4.79 Å². The van der Waals surface area contributed by atoms with E-state index < -0.39 is 0 Å². The molecule has 1 aromatic heterocycles. The van der Waals surface area contributed by atoms with Crippen molar-refractivity contribution < 1.29 is 4.48 Å². The third-order valence-electron chi connectivity index (χ3n) is 1.80. The number of halogens is 1. The van der Waals surface area contributed by atoms with E-state index in [2.05, 4.69) is 0 Å². The van der Waals surface area contributed by atoms with Crippen LogP contribution >= 0.6 is 0 Å². The SMILES string of the molecule is Cc1ccc2ccn(F)c2c1. The molecule has 2 aromatic rings. The topological polar surface area (TPSA) is 4.93 Å². The number of rotatable bonds is 0. The monoisotopic (exact) mass is 149 g/mol. The second-order valence-electron chi connectivity index (χ2n) is 2.69. The molecule has 0 unspecified atom stereocenters. The van der Waals surface area contributed by atoms with Crippen molar-refractivity contribution in [2.45, 2.75) is 6.92 Å². The van der Waals surface area contributed by atoms with Gasteiger partial charge in [-0.3, -0.25) is 0 Å². The zero-order chi connectivity index (χ0) is 7.84. The Morgan fingerprint density at radius 2 is 2.09 bits per heavy atom. The van der Waals surface area contributed by atoms with Crippen LogP contribution in [0.4, 0.5) is 4.48 Å². The third-order valence-corrected chi connectivity index (χ3v) is 1.80. The minimum Gasteiger partial charge on any atom is -0.186 e. The molecule has 0 radical (unpaired) electrons. The highest BCUT2D eigenvalue weighted by Gasteiger charge is 1.98. The maximum atomic E-state index is 12.8. The van der Waals surface area contributed by atoms with E-state index in [4.69, 9.17) is 0 Å². The van der Waals surface area contributed by atoms with Crippen molar-refractivity contribution in [2.75, 3.05) is 0 Å². The minimum atomic E-state index is 0.641. The van der Waals surface area contributed by atoms with Gasteiger partial charge in [-0.1, -0.05) is 16.6 Å². The summed E-state index contributed by atoms with van der Waals surface area (Å²) >= 11 is 0. The highest BCUT2D eigenvalue weighted by atomic mass is 19.2. The molecule has 0 saturated heterocycles. The van der Waals surface area contributed by atoms with Crippen LogP contribution in [0.3, 0.4) is 0 Å². The van der Waals surface area contributed by atoms with Crippen LogP contribution in [-0.2, 0) is 0 Å². The van der Waals surface area contributed by atoms with Gasteiger partial charge in [0.2, 0.25) is 0 Å². The summed E-state index contributed by atoms with van der Waals surface area (Å²) in [6.45, 7) is 1.95. The molecule has 0 spiro atoms. The van der Waals surface area contributed by atoms with Gasteiger partial charge in [-0.2, -0.15) is 4.79 Å². The summed E-state index contributed by atoms with van der Waals surface area (Å²) in [4.78, 5) is 0.641. The molecule has 1 aromatic carbocycles. The predicted molar refractivity (Wildman–Crippen MR) is 43.2 cm³/mol. The molecule has 1 heterocycles. The molecule has 56 valence electrons. The summed E-state index contributed by atoms with van der Waals surface area (Å²) < 4.78 is 12.8. The molecule has 0 N–H and O–H groups in total. The quantitative estimate of drug-likeness (QED) is 0.542. The summed E-state index contributed by atoms with van der Waals surface area (Å²) in [6, 6.07) is 7.48. The van der Waals surface area contributed by atoms with Crippen LogP contribution in [0.1, 0.15) is 5.56 Å². The van der Waals surface area contributed by atoms with Gasteiger partial charge in [0, 0.05) is 11.6 Å². The molecule has 0 aliphatic heterocycles. The lowest BCUT2D eigenvalue weighted by atomic mass is 10.2. The average Bonchev–Trinajstić information content (AvgIpc) is 2.33. The summed E-state index contributed by atoms with van der Waals surface area (Å²) in [5.74, 6) is 0. The Balaban J connectivity index is 2.87. The van der Waals surface area contributed by atoms with E-state index in [1.54, 1.807) is 6.07 Å². The van der Waals surface area contributed by atoms with Crippen LogP contribution in [0.5, 0.6) is 0 Å². The number of benzene rings is 1. The van der Waals surface area contributed by atoms with Crippen molar-refractivity contribution in [3.05, 3.63) is 36.0 Å². The number of aryl methyl sites for hydroxylation is 1. The lowest BCUT2D eigenvalue weighted by Gasteiger charge is -1.93. The number of nitrogens with zero attached hydrogens (tertiary/aromatic N) is 1. The fourth-order valence-corrected chi connectivity index (χ4v) is 1.21. The smallest absolute Gasteiger partial charge is 0.0815 e. The van der Waals surface area contributed by atoms with Gasteiger partial charge in [0.15, 0.2) is 0 Å². The molecule has 1 nitrogen and oxygen atoms in total. The zero-order valence-corrected chi connectivity index (χ0v) is 6.21. The molecule has 11 heavy (non-hydrogen) atoms. The first kappa shape index (κ1) is 6.40. The Morgan fingerprint density at radius 3 is 2.91 bits per heavy atom. The van der Waals surface area contributed by atoms with Gasteiger partial charge in [-0.25, -0.2) is 0 Å². The van der Waals surface area contributed by atoms with Crippen molar-refractivity contribution in [1.29, 1.82) is 0 Å². The van der Waals surface area contributed by atoms with Crippen molar-refractivity contribution in [3.8, 4) is 0 Å². The average molecular weight is 149 g/mol. The summed E-state index contributed by atoms with van der Waals surface area (Å²) in [7, 11) is 0. The van der Waals surface area contributed by atoms with Gasteiger partial charge in [0.1, 0.15) is 0 Å². The van der Waals surface area contributed by atoms with Gasteiger partial charge in [-0.15, -0.1) is 0 Å². The number of hydrogen-bond acceptors (Lipinski definition) is 0. The van der Waals surface area contributed by atoms with Crippen molar-refractivity contribution in [2.24, 2.45) is 0 Å². The summed E-state index contributed by atoms with van der Waals surface area (Å²) in [5.41, 5.74) is 1.72. The lowest BCUT2D eigenvalue weighted by Crippen LogP contribution is -1.78. The second-order valence-corrected chi connectivity index (χ2v) is 2.69. The minimum absolute atomic E-state index is 0.641. The van der Waals surface area contributed by atoms with Crippen LogP contribution in [0.15, 0.2) is 30.5 Å². The Hall–Kier alpha value is -1.31. The molecule has 2 rings (SSSR count). The molecule has 2 heteroatoms. The van der Waals surface area contributed by atoms with E-state index in [1.807, 2.05) is 25.1 Å². The molecule has 0 amide bonds. The van der Waals surface area contributed by atoms with Crippen molar-refractivity contribution in [3.63, 3.8) is 0 Å². The highest BCUT2D eigenvalue weighted by Crippen LogP contribution is 2.16. The molecular weight excluding hydrogens is 141 g/mol. The van der Waals surface area contributed by atoms with Crippen LogP contribution in [0.25, 0.3) is 10.9 Å². The number of aromatic nitrogens is 1. The maximum Gasteiger partial charge on any atom is 0.0815 e. The molecule has 0 aliphatic carbocycles. The molecule has 0 bridgehead atoms. The molecule has 0 aliphatic rings. The van der Waals surface area contributed by atoms with Gasteiger partial charge in [0.25, 0.3) is 0 Å². The molecule has 0 fully saturated rings. The highest BCUT2D eigenvalue weighted by molar-refractivity contribution is 5.80. The third kappa shape index (κ3) is 0.909. The maximum absolute atomic E-state index is 12.8. The Morgan fingerprint density at radius 1 is 1.27 bits per heavy atom. The van der Waals surface area contributed by atoms with Gasteiger partial charge >= 0.3 is 0 Å². The van der Waals surface area contributed by atoms with E-state index in [0.717, 1.165) is 10.9 Å². The summed E-state index contributed by atoms with van der Waals surface area (Å²) in [6.07, 6.45) is 1.42. The molecular formula is C9H8FN. The Labute approximate surface area is 64.0 Å². The first-order valence-electron chi connectivity index (χ1n) is 3.51. The summed E-state index contributed by atoms with van der Waals surface area (Å²) in [5, 5.41) is 0.943. The largest absolute Gasteiger partial charge is 0.186 e. The molecule has 0 atom stereocenters. The van der Waals surface area contributed by atoms with E-state index >= 15 is 0 Å². The van der Waals surface area contributed by atoms with Crippen LogP contribution in [0.2, 0.25) is 0 Å². The fourth-order valence-electron chi connectivity index (χ4n) is 1.21. The van der Waals surface area contributed by atoms with Gasteiger partial charge in [0.05, 0.1) is 5.52 Å². The van der Waals surface area contributed by atoms with E-state index in [0.29, 0.717) is 10.3 Å². The second kappa shape index (κ2) is 2.09. The predicted octanol–water partition coefficient (Wildman–Crippen LogP) is 2.68.